The molecule has 0 aliphatic heterocycles. The lowest BCUT2D eigenvalue weighted by Gasteiger charge is -2.22. The van der Waals surface area contributed by atoms with Crippen molar-refractivity contribution in [1.29, 1.82) is 0 Å². The van der Waals surface area contributed by atoms with E-state index in [-0.39, 0.29) is 6.03 Å². The summed E-state index contributed by atoms with van der Waals surface area (Å²) in [5.74, 6) is 5.90. The van der Waals surface area contributed by atoms with Crippen LogP contribution in [-0.4, -0.2) is 44.2 Å². The van der Waals surface area contributed by atoms with Gasteiger partial charge in [0.05, 0.1) is 13.1 Å². The molecule has 4 nitrogen and oxygen atoms in total. The van der Waals surface area contributed by atoms with E-state index in [4.69, 9.17) is 0 Å². The molecule has 0 saturated heterocycles. The van der Waals surface area contributed by atoms with Gasteiger partial charge in [-0.3, -0.25) is 4.90 Å². The minimum absolute atomic E-state index is 0.0870. The second-order valence-corrected chi connectivity index (χ2v) is 4.75. The monoisotopic (exact) mass is 237 g/mol. The van der Waals surface area contributed by atoms with Crippen LogP contribution in [0.4, 0.5) is 4.79 Å². The number of rotatable bonds is 3. The molecule has 1 saturated carbocycles. The summed E-state index contributed by atoms with van der Waals surface area (Å²) in [5, 5.41) is 5.75. The Bertz CT molecular complexity index is 285. The molecule has 0 aromatic carbocycles. The van der Waals surface area contributed by atoms with Crippen molar-refractivity contribution in [2.45, 2.75) is 38.1 Å². The topological polar surface area (TPSA) is 44.4 Å². The number of amides is 2. The van der Waals surface area contributed by atoms with Crippen LogP contribution in [0.5, 0.6) is 0 Å². The maximum Gasteiger partial charge on any atom is 0.315 e. The Morgan fingerprint density at radius 1 is 1.24 bits per heavy atom. The van der Waals surface area contributed by atoms with Crippen LogP contribution in [0, 0.1) is 11.8 Å². The molecule has 1 rings (SSSR count). The van der Waals surface area contributed by atoms with Gasteiger partial charge in [0.15, 0.2) is 0 Å². The number of urea groups is 1. The number of hydrogen-bond acceptors (Lipinski definition) is 2. The van der Waals surface area contributed by atoms with Gasteiger partial charge in [-0.1, -0.05) is 31.1 Å². The van der Waals surface area contributed by atoms with Crippen molar-refractivity contribution in [3.05, 3.63) is 0 Å². The van der Waals surface area contributed by atoms with Gasteiger partial charge in [0, 0.05) is 6.04 Å². The van der Waals surface area contributed by atoms with Crippen LogP contribution in [0.15, 0.2) is 0 Å². The average Bonchev–Trinajstić information content (AvgIpc) is 2.29. The van der Waals surface area contributed by atoms with E-state index in [2.05, 4.69) is 22.5 Å². The molecule has 4 heteroatoms. The second-order valence-electron chi connectivity index (χ2n) is 4.75. The van der Waals surface area contributed by atoms with Gasteiger partial charge in [-0.25, -0.2) is 4.79 Å². The van der Waals surface area contributed by atoms with E-state index in [0.717, 1.165) is 19.4 Å². The first-order valence-corrected chi connectivity index (χ1v) is 6.33. The van der Waals surface area contributed by atoms with Crippen LogP contribution in [0.3, 0.4) is 0 Å². The molecule has 2 amide bonds. The molecular weight excluding hydrogens is 214 g/mol. The SMILES string of the molecule is CN(C)CC#CCNC(=O)NC1CCCCC1. The minimum atomic E-state index is -0.0870. The third kappa shape index (κ3) is 6.85. The van der Waals surface area contributed by atoms with Gasteiger partial charge in [-0.2, -0.15) is 0 Å². The standard InChI is InChI=1S/C13H23N3O/c1-16(2)11-7-6-10-14-13(17)15-12-8-4-3-5-9-12/h12H,3-5,8-11H2,1-2H3,(H2,14,15,17). The lowest BCUT2D eigenvalue weighted by atomic mass is 9.96. The number of hydrogen-bond donors (Lipinski definition) is 2. The summed E-state index contributed by atoms with van der Waals surface area (Å²) in [7, 11) is 3.94. The van der Waals surface area contributed by atoms with Crippen LogP contribution < -0.4 is 10.6 Å². The molecule has 96 valence electrons. The summed E-state index contributed by atoms with van der Waals surface area (Å²) < 4.78 is 0. The summed E-state index contributed by atoms with van der Waals surface area (Å²) in [5.41, 5.74) is 0. The van der Waals surface area contributed by atoms with E-state index in [1.54, 1.807) is 0 Å². The Morgan fingerprint density at radius 2 is 1.94 bits per heavy atom. The Kier molecular flexibility index (Phi) is 6.49. The highest BCUT2D eigenvalue weighted by Crippen LogP contribution is 2.16. The molecule has 0 radical (unpaired) electrons. The zero-order valence-corrected chi connectivity index (χ0v) is 10.9. The van der Waals surface area contributed by atoms with Crippen LogP contribution in [-0.2, 0) is 0 Å². The normalized spacial score (nSPS) is 16.2. The number of nitrogens with zero attached hydrogens (tertiary/aromatic N) is 1. The average molecular weight is 237 g/mol. The lowest BCUT2D eigenvalue weighted by Crippen LogP contribution is -2.43. The van der Waals surface area contributed by atoms with Crippen molar-refractivity contribution >= 4 is 6.03 Å². The summed E-state index contributed by atoms with van der Waals surface area (Å²) in [4.78, 5) is 13.5. The maximum atomic E-state index is 11.5. The zero-order valence-electron chi connectivity index (χ0n) is 10.9. The van der Waals surface area contributed by atoms with E-state index < -0.39 is 0 Å². The first-order chi connectivity index (χ1) is 8.18. The van der Waals surface area contributed by atoms with Gasteiger partial charge in [0.2, 0.25) is 0 Å². The Labute approximate surface area is 104 Å². The molecule has 0 bridgehead atoms. The fourth-order valence-corrected chi connectivity index (χ4v) is 1.88. The Balaban J connectivity index is 2.09. The van der Waals surface area contributed by atoms with Gasteiger partial charge < -0.3 is 10.6 Å². The van der Waals surface area contributed by atoms with E-state index >= 15 is 0 Å². The molecule has 0 aromatic heterocycles. The molecule has 1 fully saturated rings. The molecule has 1 aliphatic rings. The fourth-order valence-electron chi connectivity index (χ4n) is 1.88. The van der Waals surface area contributed by atoms with E-state index in [0.29, 0.717) is 12.6 Å². The van der Waals surface area contributed by atoms with Crippen molar-refractivity contribution in [3.63, 3.8) is 0 Å². The maximum absolute atomic E-state index is 11.5. The molecule has 17 heavy (non-hydrogen) atoms. The molecule has 0 heterocycles. The molecule has 1 aliphatic carbocycles. The van der Waals surface area contributed by atoms with E-state index in [1.807, 2.05) is 19.0 Å². The molecule has 0 atom stereocenters. The Hall–Kier alpha value is -1.21. The first-order valence-electron chi connectivity index (χ1n) is 6.33. The third-order valence-electron chi connectivity index (χ3n) is 2.80. The lowest BCUT2D eigenvalue weighted by molar-refractivity contribution is 0.234. The molecule has 0 aromatic rings. The van der Waals surface area contributed by atoms with Crippen LogP contribution in [0.1, 0.15) is 32.1 Å². The molecular formula is C13H23N3O. The zero-order chi connectivity index (χ0) is 12.5. The van der Waals surface area contributed by atoms with Gasteiger partial charge in [-0.05, 0) is 26.9 Å². The smallest absolute Gasteiger partial charge is 0.315 e. The highest BCUT2D eigenvalue weighted by molar-refractivity contribution is 5.74. The largest absolute Gasteiger partial charge is 0.335 e. The minimum Gasteiger partial charge on any atom is -0.335 e. The van der Waals surface area contributed by atoms with Crippen molar-refractivity contribution in [2.75, 3.05) is 27.2 Å². The highest BCUT2D eigenvalue weighted by Gasteiger charge is 2.14. The summed E-state index contributed by atoms with van der Waals surface area (Å²) in [6.45, 7) is 1.15. The highest BCUT2D eigenvalue weighted by atomic mass is 16.2. The summed E-state index contributed by atoms with van der Waals surface area (Å²) in [6, 6.07) is 0.273. The van der Waals surface area contributed by atoms with Crippen LogP contribution in [0.25, 0.3) is 0 Å². The van der Waals surface area contributed by atoms with E-state index in [1.165, 1.54) is 19.3 Å². The van der Waals surface area contributed by atoms with Crippen molar-refractivity contribution < 1.29 is 4.79 Å². The summed E-state index contributed by atoms with van der Waals surface area (Å²) >= 11 is 0. The Morgan fingerprint density at radius 3 is 2.59 bits per heavy atom. The second kappa shape index (κ2) is 7.97. The van der Waals surface area contributed by atoms with Gasteiger partial charge >= 0.3 is 6.03 Å². The van der Waals surface area contributed by atoms with Crippen LogP contribution in [0.2, 0.25) is 0 Å². The predicted molar refractivity (Wildman–Crippen MR) is 69.7 cm³/mol. The van der Waals surface area contributed by atoms with E-state index in [9.17, 15) is 4.79 Å². The fraction of sp³-hybridized carbons (Fsp3) is 0.769. The predicted octanol–water partition coefficient (Wildman–Crippen LogP) is 1.18. The van der Waals surface area contributed by atoms with Gasteiger partial charge in [0.25, 0.3) is 0 Å². The molecule has 0 spiro atoms. The van der Waals surface area contributed by atoms with Crippen molar-refractivity contribution in [3.8, 4) is 11.8 Å². The van der Waals surface area contributed by atoms with Gasteiger partial charge in [0.1, 0.15) is 0 Å². The number of carbonyl (C=O) groups excluding carboxylic acids is 1. The number of carbonyl (C=O) groups is 1. The molecule has 2 N–H and O–H groups in total. The van der Waals surface area contributed by atoms with Gasteiger partial charge in [-0.15, -0.1) is 0 Å². The number of nitrogens with one attached hydrogen (secondary N) is 2. The van der Waals surface area contributed by atoms with Crippen LogP contribution >= 0.6 is 0 Å². The third-order valence-corrected chi connectivity index (χ3v) is 2.80. The quantitative estimate of drug-likeness (QED) is 0.724. The van der Waals surface area contributed by atoms with Crippen molar-refractivity contribution in [2.24, 2.45) is 0 Å². The van der Waals surface area contributed by atoms with Crippen molar-refractivity contribution in [1.82, 2.24) is 15.5 Å². The molecule has 0 unspecified atom stereocenters. The first kappa shape index (κ1) is 13.9. The summed E-state index contributed by atoms with van der Waals surface area (Å²) in [6.07, 6.45) is 5.98.